The summed E-state index contributed by atoms with van der Waals surface area (Å²) in [7, 11) is 12.9. The SMILES string of the molecule is [B]n1cc(CCN(C)[C@H]2C[C@@H](C)O[C@@H](O[C@@H]3[C@H](C)C(=O)[C@@H](C)C(=O)O[C@H](CC)[C@@](C)(O)[C@H](O)[C@@H](C)/C(=N/OCCN(C)C)[C@H](C)C[C@@]3(C)OC)[C@@H]2O)nn1. The number of likely N-dealkylation sites (N-methyl/N-ethyl adjacent to an activating group) is 2. The van der Waals surface area contributed by atoms with Gasteiger partial charge in [0.2, 0.25) is 0 Å². The fourth-order valence-corrected chi connectivity index (χ4v) is 7.77. The molecule has 1 aromatic heterocycles. The molecule has 3 N–H and O–H groups in total. The van der Waals surface area contributed by atoms with E-state index in [0.29, 0.717) is 37.3 Å². The number of aliphatic hydroxyl groups excluding tert-OH is 2. The fourth-order valence-electron chi connectivity index (χ4n) is 7.77. The molecule has 1 aromatic rings. The topological polar surface area (TPSA) is 191 Å². The molecule has 2 fully saturated rings. The van der Waals surface area contributed by atoms with Crippen molar-refractivity contribution in [3.63, 3.8) is 0 Å². The van der Waals surface area contributed by atoms with E-state index in [1.165, 1.54) is 21.0 Å². The number of esters is 1. The van der Waals surface area contributed by atoms with E-state index in [9.17, 15) is 24.9 Å². The molecular formula is C37H65BN6O10. The molecule has 0 unspecified atom stereocenters. The van der Waals surface area contributed by atoms with Crippen molar-refractivity contribution in [3.05, 3.63) is 11.9 Å². The summed E-state index contributed by atoms with van der Waals surface area (Å²) in [5, 5.41) is 47.6. The zero-order valence-electron chi connectivity index (χ0n) is 34.3. The monoisotopic (exact) mass is 764 g/mol. The van der Waals surface area contributed by atoms with Gasteiger partial charge in [-0.25, -0.2) is 0 Å². The Morgan fingerprint density at radius 2 is 1.76 bits per heavy atom. The first kappa shape index (κ1) is 45.9. The summed E-state index contributed by atoms with van der Waals surface area (Å²) in [6.07, 6.45) is -3.16. The Morgan fingerprint density at radius 1 is 1.09 bits per heavy atom. The maximum absolute atomic E-state index is 14.2. The summed E-state index contributed by atoms with van der Waals surface area (Å²) in [5.41, 5.74) is -2.00. The lowest BCUT2D eigenvalue weighted by Gasteiger charge is -2.47. The Balaban J connectivity index is 2.06. The lowest BCUT2D eigenvalue weighted by atomic mass is 9.74. The maximum atomic E-state index is 14.2. The maximum Gasteiger partial charge on any atom is 0.316 e. The molecule has 16 nitrogen and oxygen atoms in total. The second-order valence-corrected chi connectivity index (χ2v) is 16.1. The summed E-state index contributed by atoms with van der Waals surface area (Å²) in [5.74, 6) is -4.76. The third kappa shape index (κ3) is 11.1. The van der Waals surface area contributed by atoms with Crippen molar-refractivity contribution in [2.75, 3.05) is 47.9 Å². The summed E-state index contributed by atoms with van der Waals surface area (Å²) in [6, 6.07) is -0.378. The third-order valence-electron chi connectivity index (χ3n) is 11.3. The molecule has 3 rings (SSSR count). The van der Waals surface area contributed by atoms with Crippen LogP contribution in [0.2, 0.25) is 0 Å². The number of hydrogen-bond acceptors (Lipinski definition) is 15. The molecule has 2 saturated heterocycles. The zero-order valence-corrected chi connectivity index (χ0v) is 34.3. The van der Waals surface area contributed by atoms with Gasteiger partial charge in [0, 0.05) is 56.6 Å². The molecule has 2 radical (unpaired) electrons. The van der Waals surface area contributed by atoms with E-state index < -0.39 is 77.3 Å². The summed E-state index contributed by atoms with van der Waals surface area (Å²) in [6.45, 7) is 15.0. The van der Waals surface area contributed by atoms with E-state index in [1.807, 2.05) is 44.8 Å². The van der Waals surface area contributed by atoms with E-state index in [0.717, 1.165) is 4.59 Å². The number of oxime groups is 1. The molecular weight excluding hydrogens is 699 g/mol. The number of nitrogens with zero attached hydrogens (tertiary/aromatic N) is 6. The minimum absolute atomic E-state index is 0.172. The van der Waals surface area contributed by atoms with Crippen molar-refractivity contribution in [2.24, 2.45) is 28.8 Å². The smallest absolute Gasteiger partial charge is 0.316 e. The number of aliphatic hydroxyl groups is 3. The van der Waals surface area contributed by atoms with Gasteiger partial charge in [0.1, 0.15) is 30.3 Å². The van der Waals surface area contributed by atoms with Gasteiger partial charge in [-0.3, -0.25) is 9.59 Å². The molecule has 0 aromatic carbocycles. The van der Waals surface area contributed by atoms with Crippen LogP contribution in [0.5, 0.6) is 0 Å². The first-order valence-corrected chi connectivity index (χ1v) is 19.1. The highest BCUT2D eigenvalue weighted by atomic mass is 16.7. The van der Waals surface area contributed by atoms with E-state index >= 15 is 0 Å². The molecule has 0 amide bonds. The van der Waals surface area contributed by atoms with Crippen LogP contribution < -0.4 is 0 Å². The van der Waals surface area contributed by atoms with E-state index in [-0.39, 0.29) is 31.6 Å². The van der Waals surface area contributed by atoms with Crippen molar-refractivity contribution in [3.8, 4) is 0 Å². The molecule has 13 atom stereocenters. The highest BCUT2D eigenvalue weighted by molar-refractivity contribution is 6.05. The number of carbonyl (C=O) groups is 2. The first-order valence-electron chi connectivity index (χ1n) is 19.1. The highest BCUT2D eigenvalue weighted by Gasteiger charge is 2.51. The second kappa shape index (κ2) is 19.6. The van der Waals surface area contributed by atoms with Crippen LogP contribution in [-0.2, 0) is 39.8 Å². The lowest BCUT2D eigenvalue weighted by Crippen LogP contribution is -2.60. The molecule has 0 spiro atoms. The summed E-state index contributed by atoms with van der Waals surface area (Å²) in [4.78, 5) is 37.6. The van der Waals surface area contributed by atoms with Gasteiger partial charge < -0.3 is 53.5 Å². The van der Waals surface area contributed by atoms with Crippen molar-refractivity contribution in [1.82, 2.24) is 24.7 Å². The van der Waals surface area contributed by atoms with Gasteiger partial charge in [-0.05, 0) is 68.1 Å². The Hall–Kier alpha value is -2.51. The van der Waals surface area contributed by atoms with Crippen LogP contribution in [0.4, 0.5) is 0 Å². The third-order valence-corrected chi connectivity index (χ3v) is 11.3. The predicted octanol–water partition coefficient (Wildman–Crippen LogP) is 1.22. The molecule has 306 valence electrons. The molecule has 0 saturated carbocycles. The number of methoxy groups -OCH3 is 1. The first-order chi connectivity index (χ1) is 25.2. The van der Waals surface area contributed by atoms with Crippen LogP contribution in [0.25, 0.3) is 0 Å². The number of cyclic esters (lactones) is 1. The quantitative estimate of drug-likeness (QED) is 0.0906. The van der Waals surface area contributed by atoms with Crippen LogP contribution in [0.15, 0.2) is 11.4 Å². The van der Waals surface area contributed by atoms with Gasteiger partial charge in [-0.2, -0.15) is 0 Å². The van der Waals surface area contributed by atoms with Gasteiger partial charge in [-0.15, -0.1) is 5.10 Å². The number of ketones is 1. The standard InChI is InChI=1S/C37H65BN6O10/c1-13-28-37(8,49)32(47)23(4)29(40-51-17-16-42(9)10)21(2)19-36(7,50-12)33(24(5)30(45)25(6)34(48)53-28)54-35-31(46)27(18-22(3)52-35)43(11)15-14-26-20-44(38)41-39-26/h20-25,27-28,31-33,35,46-47,49H,13-19H2,1-12H3/b40-29+/t21-,22-,23+,24-,25-,27+,28-,31-,32-,33-,35+,36-,37-/m1/s1. The van der Waals surface area contributed by atoms with Crippen LogP contribution in [-0.4, -0.2) is 167 Å². The Labute approximate surface area is 322 Å². The average Bonchev–Trinajstić information content (AvgIpc) is 3.54. The second-order valence-electron chi connectivity index (χ2n) is 16.1. The molecule has 0 aliphatic carbocycles. The van der Waals surface area contributed by atoms with Crippen molar-refractivity contribution >= 4 is 25.4 Å². The van der Waals surface area contributed by atoms with Crippen LogP contribution >= 0.6 is 0 Å². The van der Waals surface area contributed by atoms with Gasteiger partial charge >= 0.3 is 5.97 Å². The molecule has 17 heteroatoms. The van der Waals surface area contributed by atoms with Crippen molar-refractivity contribution in [2.45, 2.75) is 135 Å². The number of carbonyl (C=O) groups excluding carboxylic acids is 2. The van der Waals surface area contributed by atoms with Crippen molar-refractivity contribution < 1.29 is 48.7 Å². The summed E-state index contributed by atoms with van der Waals surface area (Å²) >= 11 is 0. The van der Waals surface area contributed by atoms with Gasteiger partial charge in [0.25, 0.3) is 7.98 Å². The lowest BCUT2D eigenvalue weighted by molar-refractivity contribution is -0.295. The van der Waals surface area contributed by atoms with E-state index in [4.69, 9.17) is 31.8 Å². The van der Waals surface area contributed by atoms with Gasteiger partial charge in [-0.1, -0.05) is 38.1 Å². The molecule has 3 heterocycles. The van der Waals surface area contributed by atoms with Crippen molar-refractivity contribution in [1.29, 1.82) is 0 Å². The minimum atomic E-state index is -1.90. The summed E-state index contributed by atoms with van der Waals surface area (Å²) < 4.78 is 26.1. The van der Waals surface area contributed by atoms with Gasteiger partial charge in [0.15, 0.2) is 12.1 Å². The van der Waals surface area contributed by atoms with Crippen LogP contribution in [0.3, 0.4) is 0 Å². The van der Waals surface area contributed by atoms with E-state index in [1.54, 1.807) is 33.9 Å². The highest BCUT2D eigenvalue weighted by Crippen LogP contribution is 2.38. The number of aromatic nitrogens is 3. The number of hydrogen-bond donors (Lipinski definition) is 3. The molecule has 54 heavy (non-hydrogen) atoms. The molecule has 0 bridgehead atoms. The minimum Gasteiger partial charge on any atom is -0.459 e. The number of ether oxygens (including phenoxy) is 4. The normalized spacial score (nSPS) is 38.5. The fraction of sp³-hybridized carbons (Fsp3) is 0.865. The Kier molecular flexibility index (Phi) is 16.6. The largest absolute Gasteiger partial charge is 0.459 e. The zero-order chi connectivity index (χ0) is 40.7. The predicted molar refractivity (Wildman–Crippen MR) is 202 cm³/mol. The van der Waals surface area contributed by atoms with E-state index in [2.05, 4.69) is 15.5 Å². The Bertz CT molecular complexity index is 1400. The number of rotatable bonds is 12. The van der Waals surface area contributed by atoms with Gasteiger partial charge in [0.05, 0.1) is 35.3 Å². The molecule has 2 aliphatic rings. The average molecular weight is 765 g/mol. The van der Waals surface area contributed by atoms with Crippen LogP contribution in [0.1, 0.15) is 80.3 Å². The number of Topliss-reactive ketones (excluding diaryl/α,β-unsaturated/α-hetero) is 1. The molecule has 2 aliphatic heterocycles. The Morgan fingerprint density at radius 3 is 2.33 bits per heavy atom. The van der Waals surface area contributed by atoms with Crippen LogP contribution in [0, 0.1) is 23.7 Å².